The first-order valence-electron chi connectivity index (χ1n) is 4.51. The van der Waals surface area contributed by atoms with Gasteiger partial charge < -0.3 is 19.9 Å². The molecule has 0 fully saturated rings. The van der Waals surface area contributed by atoms with Gasteiger partial charge in [-0.1, -0.05) is 0 Å². The van der Waals surface area contributed by atoms with Crippen molar-refractivity contribution in [1.29, 1.82) is 0 Å². The van der Waals surface area contributed by atoms with Gasteiger partial charge in [0.05, 0.1) is 7.11 Å². The van der Waals surface area contributed by atoms with Gasteiger partial charge in [-0.3, -0.25) is 0 Å². The second kappa shape index (κ2) is 3.75. The molecular formula is C10H13NO3. The highest BCUT2D eigenvalue weighted by atomic mass is 16.6. The molecule has 0 saturated carbocycles. The van der Waals surface area contributed by atoms with Gasteiger partial charge in [-0.25, -0.2) is 0 Å². The van der Waals surface area contributed by atoms with Crippen molar-refractivity contribution in [2.24, 2.45) is 5.73 Å². The number of hydrogen-bond donors (Lipinski definition) is 1. The van der Waals surface area contributed by atoms with E-state index in [0.717, 1.165) is 22.8 Å². The molecule has 0 saturated heterocycles. The second-order valence-electron chi connectivity index (χ2n) is 3.01. The first-order valence-corrected chi connectivity index (χ1v) is 4.51. The summed E-state index contributed by atoms with van der Waals surface area (Å²) in [5.41, 5.74) is 6.51. The molecule has 1 aliphatic heterocycles. The van der Waals surface area contributed by atoms with Gasteiger partial charge in [-0.15, -0.1) is 0 Å². The summed E-state index contributed by atoms with van der Waals surface area (Å²) in [5.74, 6) is 2.22. The van der Waals surface area contributed by atoms with E-state index in [9.17, 15) is 0 Å². The minimum atomic E-state index is 0.430. The topological polar surface area (TPSA) is 53.7 Å². The highest BCUT2D eigenvalue weighted by molar-refractivity contribution is 5.51. The smallest absolute Gasteiger partial charge is 0.165 e. The normalized spacial score (nSPS) is 13.9. The maximum absolute atomic E-state index is 5.58. The van der Waals surface area contributed by atoms with E-state index in [2.05, 4.69) is 0 Å². The van der Waals surface area contributed by atoms with Crippen molar-refractivity contribution in [3.63, 3.8) is 0 Å². The van der Waals surface area contributed by atoms with Crippen molar-refractivity contribution in [3.05, 3.63) is 17.7 Å². The fourth-order valence-corrected chi connectivity index (χ4v) is 1.46. The molecule has 0 amide bonds. The lowest BCUT2D eigenvalue weighted by atomic mass is 10.1. The zero-order valence-electron chi connectivity index (χ0n) is 8.08. The molecule has 14 heavy (non-hydrogen) atoms. The Balaban J connectivity index is 2.43. The van der Waals surface area contributed by atoms with Gasteiger partial charge in [0.2, 0.25) is 0 Å². The zero-order valence-corrected chi connectivity index (χ0v) is 8.08. The molecule has 4 heteroatoms. The van der Waals surface area contributed by atoms with Crippen molar-refractivity contribution in [2.45, 2.75) is 6.54 Å². The number of ether oxygens (including phenoxy) is 3. The number of benzene rings is 1. The molecular weight excluding hydrogens is 182 g/mol. The van der Waals surface area contributed by atoms with Crippen LogP contribution in [-0.4, -0.2) is 20.3 Å². The average molecular weight is 195 g/mol. The van der Waals surface area contributed by atoms with E-state index >= 15 is 0 Å². The molecule has 0 spiro atoms. The third kappa shape index (κ3) is 1.48. The number of rotatable bonds is 2. The standard InChI is InChI=1S/C10H13NO3/c1-12-8-5-10-9(4-7(8)6-11)13-2-3-14-10/h4-5H,2-3,6,11H2,1H3. The lowest BCUT2D eigenvalue weighted by molar-refractivity contribution is 0.170. The Bertz CT molecular complexity index is 294. The van der Waals surface area contributed by atoms with Gasteiger partial charge in [0.15, 0.2) is 11.5 Å². The highest BCUT2D eigenvalue weighted by Crippen LogP contribution is 2.36. The third-order valence-corrected chi connectivity index (χ3v) is 2.17. The summed E-state index contributed by atoms with van der Waals surface area (Å²) in [6.07, 6.45) is 0. The van der Waals surface area contributed by atoms with E-state index in [1.165, 1.54) is 0 Å². The molecule has 76 valence electrons. The molecule has 0 radical (unpaired) electrons. The molecule has 1 aromatic carbocycles. The van der Waals surface area contributed by atoms with Gasteiger partial charge >= 0.3 is 0 Å². The molecule has 0 atom stereocenters. The number of fused-ring (bicyclic) bond motifs is 1. The molecule has 0 bridgehead atoms. The van der Waals surface area contributed by atoms with Crippen LogP contribution in [0.4, 0.5) is 0 Å². The zero-order chi connectivity index (χ0) is 9.97. The summed E-state index contributed by atoms with van der Waals surface area (Å²) in [5, 5.41) is 0. The fraction of sp³-hybridized carbons (Fsp3) is 0.400. The summed E-state index contributed by atoms with van der Waals surface area (Å²) in [4.78, 5) is 0. The van der Waals surface area contributed by atoms with Crippen LogP contribution in [0.3, 0.4) is 0 Å². The van der Waals surface area contributed by atoms with Crippen LogP contribution in [0.1, 0.15) is 5.56 Å². The van der Waals surface area contributed by atoms with Crippen LogP contribution in [0.2, 0.25) is 0 Å². The fourth-order valence-electron chi connectivity index (χ4n) is 1.46. The largest absolute Gasteiger partial charge is 0.496 e. The lowest BCUT2D eigenvalue weighted by Gasteiger charge is -2.20. The summed E-state index contributed by atoms with van der Waals surface area (Å²) < 4.78 is 16.0. The van der Waals surface area contributed by atoms with Gasteiger partial charge in [0.25, 0.3) is 0 Å². The Morgan fingerprint density at radius 2 is 1.93 bits per heavy atom. The lowest BCUT2D eigenvalue weighted by Crippen LogP contribution is -2.16. The van der Waals surface area contributed by atoms with E-state index in [4.69, 9.17) is 19.9 Å². The first-order chi connectivity index (χ1) is 6.85. The van der Waals surface area contributed by atoms with Crippen LogP contribution in [0.25, 0.3) is 0 Å². The van der Waals surface area contributed by atoms with E-state index in [1.807, 2.05) is 12.1 Å². The van der Waals surface area contributed by atoms with Crippen molar-refractivity contribution >= 4 is 0 Å². The Hall–Kier alpha value is -1.42. The summed E-state index contributed by atoms with van der Waals surface area (Å²) in [7, 11) is 1.62. The van der Waals surface area contributed by atoms with Crippen molar-refractivity contribution in [1.82, 2.24) is 0 Å². The SMILES string of the molecule is COc1cc2c(cc1CN)OCCO2. The van der Waals surface area contributed by atoms with E-state index in [-0.39, 0.29) is 0 Å². The Kier molecular flexibility index (Phi) is 2.45. The van der Waals surface area contributed by atoms with Crippen molar-refractivity contribution in [3.8, 4) is 17.2 Å². The third-order valence-electron chi connectivity index (χ3n) is 2.17. The Morgan fingerprint density at radius 1 is 1.29 bits per heavy atom. The summed E-state index contributed by atoms with van der Waals surface area (Å²) >= 11 is 0. The molecule has 0 unspecified atom stereocenters. The molecule has 2 N–H and O–H groups in total. The van der Waals surface area contributed by atoms with Crippen LogP contribution in [0.5, 0.6) is 17.2 Å². The summed E-state index contributed by atoms with van der Waals surface area (Å²) in [6, 6.07) is 3.68. The Labute approximate surface area is 82.6 Å². The minimum Gasteiger partial charge on any atom is -0.496 e. The molecule has 1 heterocycles. The van der Waals surface area contributed by atoms with E-state index in [1.54, 1.807) is 7.11 Å². The first kappa shape index (κ1) is 9.15. The van der Waals surface area contributed by atoms with Crippen LogP contribution in [-0.2, 0) is 6.54 Å². The number of hydrogen-bond acceptors (Lipinski definition) is 4. The molecule has 2 rings (SSSR count). The van der Waals surface area contributed by atoms with Crippen LogP contribution < -0.4 is 19.9 Å². The van der Waals surface area contributed by atoms with Crippen LogP contribution in [0.15, 0.2) is 12.1 Å². The second-order valence-corrected chi connectivity index (χ2v) is 3.01. The highest BCUT2D eigenvalue weighted by Gasteiger charge is 2.15. The van der Waals surface area contributed by atoms with Gasteiger partial charge in [-0.2, -0.15) is 0 Å². The molecule has 1 aliphatic rings. The van der Waals surface area contributed by atoms with Gasteiger partial charge in [0, 0.05) is 18.2 Å². The maximum atomic E-state index is 5.58. The summed E-state index contributed by atoms with van der Waals surface area (Å²) in [6.45, 7) is 1.60. The van der Waals surface area contributed by atoms with Gasteiger partial charge in [0.1, 0.15) is 19.0 Å². The molecule has 4 nitrogen and oxygen atoms in total. The van der Waals surface area contributed by atoms with Crippen molar-refractivity contribution < 1.29 is 14.2 Å². The van der Waals surface area contributed by atoms with Crippen LogP contribution >= 0.6 is 0 Å². The predicted molar refractivity (Wildman–Crippen MR) is 51.9 cm³/mol. The molecule has 1 aromatic rings. The Morgan fingerprint density at radius 3 is 2.50 bits per heavy atom. The quantitative estimate of drug-likeness (QED) is 0.762. The number of methoxy groups -OCH3 is 1. The molecule has 0 aliphatic carbocycles. The van der Waals surface area contributed by atoms with E-state index < -0.39 is 0 Å². The molecule has 0 aromatic heterocycles. The number of nitrogens with two attached hydrogens (primary N) is 1. The maximum Gasteiger partial charge on any atom is 0.165 e. The van der Waals surface area contributed by atoms with Crippen molar-refractivity contribution in [2.75, 3.05) is 20.3 Å². The monoisotopic (exact) mass is 195 g/mol. The average Bonchev–Trinajstić information content (AvgIpc) is 2.27. The van der Waals surface area contributed by atoms with Crippen LogP contribution in [0, 0.1) is 0 Å². The predicted octanol–water partition coefficient (Wildman–Crippen LogP) is 0.925. The van der Waals surface area contributed by atoms with E-state index in [0.29, 0.717) is 19.8 Å². The minimum absolute atomic E-state index is 0.430. The van der Waals surface area contributed by atoms with Gasteiger partial charge in [-0.05, 0) is 6.07 Å².